The van der Waals surface area contributed by atoms with Crippen molar-refractivity contribution in [2.75, 3.05) is 25.1 Å². The number of piperidine rings is 1. The van der Waals surface area contributed by atoms with Crippen LogP contribution in [0.3, 0.4) is 0 Å². The summed E-state index contributed by atoms with van der Waals surface area (Å²) in [6.07, 6.45) is 3.03. The molecular formula is C24H29N3O5S. The maximum atomic E-state index is 13.1. The lowest BCUT2D eigenvalue weighted by molar-refractivity contribution is -0.125. The molecule has 0 radical (unpaired) electrons. The minimum absolute atomic E-state index is 0.214. The predicted octanol–water partition coefficient (Wildman–Crippen LogP) is 2.46. The van der Waals surface area contributed by atoms with Crippen LogP contribution in [0.1, 0.15) is 37.3 Å². The van der Waals surface area contributed by atoms with Crippen molar-refractivity contribution < 1.29 is 22.7 Å². The minimum atomic E-state index is -3.59. The summed E-state index contributed by atoms with van der Waals surface area (Å²) in [5.74, 6) is 0.192. The number of hydrogen-bond donors (Lipinski definition) is 1. The van der Waals surface area contributed by atoms with E-state index in [4.69, 9.17) is 4.74 Å². The second-order valence-electron chi connectivity index (χ2n) is 8.43. The summed E-state index contributed by atoms with van der Waals surface area (Å²) in [5, 5.41) is 2.89. The van der Waals surface area contributed by atoms with E-state index in [0.29, 0.717) is 30.9 Å². The average Bonchev–Trinajstić information content (AvgIpc) is 3.22. The first-order chi connectivity index (χ1) is 15.8. The zero-order valence-corrected chi connectivity index (χ0v) is 19.7. The number of nitrogens with zero attached hydrogens (tertiary/aromatic N) is 2. The van der Waals surface area contributed by atoms with E-state index in [1.54, 1.807) is 19.2 Å². The Hall–Kier alpha value is -2.91. The molecule has 8 nitrogen and oxygen atoms in total. The number of methoxy groups -OCH3 is 1. The molecule has 2 aliphatic heterocycles. The summed E-state index contributed by atoms with van der Waals surface area (Å²) in [6.45, 7) is 2.78. The van der Waals surface area contributed by atoms with Crippen LogP contribution in [0.5, 0.6) is 5.75 Å². The quantitative estimate of drug-likeness (QED) is 0.698. The highest BCUT2D eigenvalue weighted by molar-refractivity contribution is 7.89. The number of carbonyl (C=O) groups is 2. The fourth-order valence-corrected chi connectivity index (χ4v) is 6.06. The molecule has 2 aromatic carbocycles. The molecule has 1 saturated heterocycles. The molecule has 2 aliphatic rings. The van der Waals surface area contributed by atoms with Crippen molar-refractivity contribution in [3.8, 4) is 5.75 Å². The van der Waals surface area contributed by atoms with E-state index in [-0.39, 0.29) is 23.1 Å². The highest BCUT2D eigenvalue weighted by Gasteiger charge is 2.38. The smallest absolute Gasteiger partial charge is 0.243 e. The van der Waals surface area contributed by atoms with Crippen LogP contribution in [0.4, 0.5) is 5.69 Å². The lowest BCUT2D eigenvalue weighted by atomic mass is 10.1. The van der Waals surface area contributed by atoms with Gasteiger partial charge in [-0.3, -0.25) is 14.5 Å². The highest BCUT2D eigenvalue weighted by atomic mass is 32.2. The van der Waals surface area contributed by atoms with Gasteiger partial charge >= 0.3 is 0 Å². The molecular weight excluding hydrogens is 442 g/mol. The van der Waals surface area contributed by atoms with Crippen LogP contribution in [0.25, 0.3) is 0 Å². The van der Waals surface area contributed by atoms with E-state index < -0.39 is 16.1 Å². The molecule has 33 heavy (non-hydrogen) atoms. The van der Waals surface area contributed by atoms with Crippen LogP contribution in [-0.2, 0) is 32.6 Å². The topological polar surface area (TPSA) is 96.0 Å². The molecule has 0 saturated carbocycles. The van der Waals surface area contributed by atoms with Crippen molar-refractivity contribution in [3.05, 3.63) is 53.6 Å². The number of rotatable bonds is 6. The summed E-state index contributed by atoms with van der Waals surface area (Å²) in [5.41, 5.74) is 2.18. The van der Waals surface area contributed by atoms with Gasteiger partial charge in [-0.2, -0.15) is 4.31 Å². The Balaban J connectivity index is 1.52. The second-order valence-corrected chi connectivity index (χ2v) is 10.4. The molecule has 1 N–H and O–H groups in total. The number of carbonyl (C=O) groups excluding carboxylic acids is 2. The Kier molecular flexibility index (Phi) is 6.71. The van der Waals surface area contributed by atoms with E-state index in [2.05, 4.69) is 5.32 Å². The minimum Gasteiger partial charge on any atom is -0.497 e. The lowest BCUT2D eigenvalue weighted by Crippen LogP contribution is -2.47. The SMILES string of the molecule is COc1ccc(CNC(=O)[C@@H]2Cc3cc(S(=O)(=O)N4CCCCC4)ccc3N2C(C)=O)cc1. The van der Waals surface area contributed by atoms with Gasteiger partial charge in [0.15, 0.2) is 0 Å². The van der Waals surface area contributed by atoms with Crippen LogP contribution in [0, 0.1) is 0 Å². The Labute approximate surface area is 194 Å². The molecule has 0 aromatic heterocycles. The Morgan fingerprint density at radius 3 is 2.39 bits per heavy atom. The summed E-state index contributed by atoms with van der Waals surface area (Å²) in [7, 11) is -2.00. The number of ether oxygens (including phenoxy) is 1. The summed E-state index contributed by atoms with van der Waals surface area (Å²) in [4.78, 5) is 27.1. The van der Waals surface area contributed by atoms with Crippen molar-refractivity contribution in [2.45, 2.75) is 50.1 Å². The van der Waals surface area contributed by atoms with E-state index in [0.717, 1.165) is 30.6 Å². The van der Waals surface area contributed by atoms with Crippen molar-refractivity contribution in [1.82, 2.24) is 9.62 Å². The van der Waals surface area contributed by atoms with Gasteiger partial charge in [-0.25, -0.2) is 8.42 Å². The van der Waals surface area contributed by atoms with Crippen LogP contribution < -0.4 is 15.0 Å². The lowest BCUT2D eigenvalue weighted by Gasteiger charge is -2.26. The maximum absolute atomic E-state index is 13.1. The molecule has 9 heteroatoms. The zero-order chi connectivity index (χ0) is 23.6. The second kappa shape index (κ2) is 9.52. The number of hydrogen-bond acceptors (Lipinski definition) is 5. The van der Waals surface area contributed by atoms with Crippen LogP contribution >= 0.6 is 0 Å². The molecule has 2 amide bonds. The molecule has 0 aliphatic carbocycles. The molecule has 4 rings (SSSR count). The molecule has 0 unspecified atom stereocenters. The molecule has 0 spiro atoms. The third-order valence-electron chi connectivity index (χ3n) is 6.26. The number of benzene rings is 2. The molecule has 1 fully saturated rings. The number of fused-ring (bicyclic) bond motifs is 1. The monoisotopic (exact) mass is 471 g/mol. The van der Waals surface area contributed by atoms with Crippen molar-refractivity contribution >= 4 is 27.5 Å². The van der Waals surface area contributed by atoms with Gasteiger partial charge in [0.25, 0.3) is 0 Å². The maximum Gasteiger partial charge on any atom is 0.243 e. The molecule has 1 atom stereocenters. The number of nitrogens with one attached hydrogen (secondary N) is 1. The first-order valence-corrected chi connectivity index (χ1v) is 12.6. The van der Waals surface area contributed by atoms with Gasteiger partial charge in [-0.15, -0.1) is 0 Å². The van der Waals surface area contributed by atoms with E-state index >= 15 is 0 Å². The van der Waals surface area contributed by atoms with E-state index in [9.17, 15) is 18.0 Å². The number of amides is 2. The fourth-order valence-electron chi connectivity index (χ4n) is 4.49. The highest BCUT2D eigenvalue weighted by Crippen LogP contribution is 2.35. The van der Waals surface area contributed by atoms with Crippen LogP contribution in [0.15, 0.2) is 47.4 Å². The molecule has 176 valence electrons. The van der Waals surface area contributed by atoms with E-state index in [1.807, 2.05) is 24.3 Å². The number of sulfonamides is 1. The summed E-state index contributed by atoms with van der Waals surface area (Å²) in [6, 6.07) is 11.4. The van der Waals surface area contributed by atoms with Gasteiger partial charge in [0.05, 0.1) is 12.0 Å². The molecule has 2 aromatic rings. The third kappa shape index (κ3) is 4.74. The Morgan fingerprint density at radius 1 is 1.06 bits per heavy atom. The van der Waals surface area contributed by atoms with Gasteiger partial charge in [-0.1, -0.05) is 18.6 Å². The third-order valence-corrected chi connectivity index (χ3v) is 8.15. The van der Waals surface area contributed by atoms with Crippen LogP contribution in [0.2, 0.25) is 0 Å². The Morgan fingerprint density at radius 2 is 1.76 bits per heavy atom. The standard InChI is InChI=1S/C24H29N3O5S/c1-17(28)27-22-11-10-21(33(30,31)26-12-4-3-5-13-26)14-19(22)15-23(27)24(29)25-16-18-6-8-20(32-2)9-7-18/h6-11,14,23H,3-5,12-13,15-16H2,1-2H3,(H,25,29)/t23-/m0/s1. The van der Waals surface area contributed by atoms with E-state index in [1.165, 1.54) is 22.2 Å². The molecule has 0 bridgehead atoms. The zero-order valence-electron chi connectivity index (χ0n) is 18.9. The van der Waals surface area contributed by atoms with Crippen molar-refractivity contribution in [1.29, 1.82) is 0 Å². The Bertz CT molecular complexity index is 1140. The number of anilines is 1. The molecule has 2 heterocycles. The van der Waals surface area contributed by atoms with Crippen molar-refractivity contribution in [3.63, 3.8) is 0 Å². The van der Waals surface area contributed by atoms with Gasteiger partial charge in [0, 0.05) is 38.7 Å². The van der Waals surface area contributed by atoms with Gasteiger partial charge in [-0.05, 0) is 54.3 Å². The summed E-state index contributed by atoms with van der Waals surface area (Å²) >= 11 is 0. The van der Waals surface area contributed by atoms with Gasteiger partial charge < -0.3 is 10.1 Å². The predicted molar refractivity (Wildman–Crippen MR) is 125 cm³/mol. The van der Waals surface area contributed by atoms with Gasteiger partial charge in [0.2, 0.25) is 21.8 Å². The average molecular weight is 472 g/mol. The normalized spacial score (nSPS) is 18.6. The van der Waals surface area contributed by atoms with Gasteiger partial charge in [0.1, 0.15) is 11.8 Å². The fraction of sp³-hybridized carbons (Fsp3) is 0.417. The first-order valence-electron chi connectivity index (χ1n) is 11.1. The van der Waals surface area contributed by atoms with Crippen LogP contribution in [-0.4, -0.2) is 50.8 Å². The largest absolute Gasteiger partial charge is 0.497 e. The first kappa shape index (κ1) is 23.3. The van der Waals surface area contributed by atoms with Crippen molar-refractivity contribution in [2.24, 2.45) is 0 Å². The summed E-state index contributed by atoms with van der Waals surface area (Å²) < 4.78 is 32.8.